The van der Waals surface area contributed by atoms with Crippen LogP contribution in [0.5, 0.6) is 0 Å². The number of pyridine rings is 1. The van der Waals surface area contributed by atoms with Crippen LogP contribution >= 0.6 is 0 Å². The van der Waals surface area contributed by atoms with Crippen LogP contribution in [0, 0.1) is 6.92 Å². The minimum atomic E-state index is 0.719. The Bertz CT molecular complexity index is 637. The van der Waals surface area contributed by atoms with Gasteiger partial charge in [-0.05, 0) is 19.1 Å². The van der Waals surface area contributed by atoms with Crippen molar-refractivity contribution in [1.82, 2.24) is 20.2 Å². The summed E-state index contributed by atoms with van der Waals surface area (Å²) in [6, 6.07) is 9.92. The Kier molecular flexibility index (Phi) is 1.93. The monoisotopic (exact) mass is 210 g/mol. The van der Waals surface area contributed by atoms with Crippen molar-refractivity contribution in [3.8, 4) is 11.4 Å². The van der Waals surface area contributed by atoms with E-state index in [1.54, 1.807) is 6.20 Å². The van der Waals surface area contributed by atoms with Gasteiger partial charge in [0.05, 0.1) is 5.52 Å². The molecular formula is C12H10N4. The Hall–Kier alpha value is -2.23. The van der Waals surface area contributed by atoms with Gasteiger partial charge in [0.25, 0.3) is 0 Å². The number of nitrogens with one attached hydrogen (secondary N) is 1. The van der Waals surface area contributed by atoms with Crippen LogP contribution in [0.2, 0.25) is 0 Å². The smallest absolute Gasteiger partial charge is 0.181 e. The highest BCUT2D eigenvalue weighted by Gasteiger charge is 2.07. The molecule has 0 saturated heterocycles. The molecule has 0 amide bonds. The maximum Gasteiger partial charge on any atom is 0.181 e. The highest BCUT2D eigenvalue weighted by atomic mass is 15.2. The van der Waals surface area contributed by atoms with E-state index in [1.165, 1.54) is 0 Å². The van der Waals surface area contributed by atoms with E-state index in [-0.39, 0.29) is 0 Å². The van der Waals surface area contributed by atoms with Crippen LogP contribution in [-0.4, -0.2) is 20.2 Å². The highest BCUT2D eigenvalue weighted by Crippen LogP contribution is 2.23. The first-order valence-electron chi connectivity index (χ1n) is 5.08. The summed E-state index contributed by atoms with van der Waals surface area (Å²) in [5.74, 6) is 1.53. The number of hydrogen-bond acceptors (Lipinski definition) is 3. The van der Waals surface area contributed by atoms with Crippen LogP contribution in [0.15, 0.2) is 36.5 Å². The van der Waals surface area contributed by atoms with Crippen LogP contribution in [0.3, 0.4) is 0 Å². The minimum absolute atomic E-state index is 0.719. The molecule has 0 unspecified atom stereocenters. The van der Waals surface area contributed by atoms with E-state index < -0.39 is 0 Å². The van der Waals surface area contributed by atoms with Crippen molar-refractivity contribution < 1.29 is 0 Å². The van der Waals surface area contributed by atoms with E-state index in [2.05, 4.69) is 20.2 Å². The van der Waals surface area contributed by atoms with Gasteiger partial charge in [-0.3, -0.25) is 10.1 Å². The maximum absolute atomic E-state index is 4.34. The van der Waals surface area contributed by atoms with E-state index >= 15 is 0 Å². The SMILES string of the molecule is Cc1nc(-c2ccnc3ccccc23)n[nH]1. The average molecular weight is 210 g/mol. The number of benzene rings is 1. The number of hydrogen-bond donors (Lipinski definition) is 1. The zero-order valence-electron chi connectivity index (χ0n) is 8.81. The van der Waals surface area contributed by atoms with Crippen LogP contribution in [0.1, 0.15) is 5.82 Å². The van der Waals surface area contributed by atoms with Crippen LogP contribution in [0.25, 0.3) is 22.3 Å². The molecule has 0 spiro atoms. The maximum atomic E-state index is 4.34. The number of nitrogens with zero attached hydrogens (tertiary/aromatic N) is 3. The zero-order chi connectivity index (χ0) is 11.0. The lowest BCUT2D eigenvalue weighted by Crippen LogP contribution is -1.85. The molecule has 1 N–H and O–H groups in total. The molecule has 78 valence electrons. The molecule has 0 aliphatic carbocycles. The van der Waals surface area contributed by atoms with Crippen LogP contribution < -0.4 is 0 Å². The minimum Gasteiger partial charge on any atom is -0.263 e. The second-order valence-electron chi connectivity index (χ2n) is 3.62. The molecule has 3 rings (SSSR count). The summed E-state index contributed by atoms with van der Waals surface area (Å²) in [5, 5.41) is 8.10. The largest absolute Gasteiger partial charge is 0.263 e. The highest BCUT2D eigenvalue weighted by molar-refractivity contribution is 5.92. The molecular weight excluding hydrogens is 200 g/mol. The second kappa shape index (κ2) is 3.41. The third kappa shape index (κ3) is 1.35. The van der Waals surface area contributed by atoms with Crippen molar-refractivity contribution in [1.29, 1.82) is 0 Å². The Morgan fingerprint density at radius 1 is 1.12 bits per heavy atom. The van der Waals surface area contributed by atoms with Gasteiger partial charge >= 0.3 is 0 Å². The summed E-state index contributed by atoms with van der Waals surface area (Å²) in [6.07, 6.45) is 1.78. The van der Waals surface area contributed by atoms with Crippen molar-refractivity contribution >= 4 is 10.9 Å². The molecule has 4 nitrogen and oxygen atoms in total. The van der Waals surface area contributed by atoms with Gasteiger partial charge in [-0.2, -0.15) is 5.10 Å². The second-order valence-corrected chi connectivity index (χ2v) is 3.62. The third-order valence-electron chi connectivity index (χ3n) is 2.49. The van der Waals surface area contributed by atoms with Gasteiger partial charge in [-0.25, -0.2) is 4.98 Å². The van der Waals surface area contributed by atoms with Crippen molar-refractivity contribution in [2.24, 2.45) is 0 Å². The first-order chi connectivity index (χ1) is 7.84. The van der Waals surface area contributed by atoms with E-state index in [4.69, 9.17) is 0 Å². The lowest BCUT2D eigenvalue weighted by atomic mass is 10.1. The molecule has 3 aromatic rings. The van der Waals surface area contributed by atoms with Gasteiger partial charge < -0.3 is 0 Å². The van der Waals surface area contributed by atoms with Crippen LogP contribution in [0.4, 0.5) is 0 Å². The van der Waals surface area contributed by atoms with Crippen molar-refractivity contribution in [3.63, 3.8) is 0 Å². The summed E-state index contributed by atoms with van der Waals surface area (Å²) in [5.41, 5.74) is 1.97. The molecule has 1 aromatic carbocycles. The van der Waals surface area contributed by atoms with Gasteiger partial charge in [0, 0.05) is 17.1 Å². The Labute approximate surface area is 92.4 Å². The number of aromatic amines is 1. The van der Waals surface area contributed by atoms with Gasteiger partial charge in [-0.1, -0.05) is 18.2 Å². The quantitative estimate of drug-likeness (QED) is 0.670. The number of fused-ring (bicyclic) bond motifs is 1. The molecule has 2 heterocycles. The summed E-state index contributed by atoms with van der Waals surface area (Å²) in [4.78, 5) is 8.65. The summed E-state index contributed by atoms with van der Waals surface area (Å²) < 4.78 is 0. The number of aromatic nitrogens is 4. The van der Waals surface area contributed by atoms with Crippen molar-refractivity contribution in [3.05, 3.63) is 42.4 Å². The Balaban J connectivity index is 2.31. The third-order valence-corrected chi connectivity index (χ3v) is 2.49. The van der Waals surface area contributed by atoms with E-state index in [0.29, 0.717) is 0 Å². The molecule has 0 aliphatic rings. The number of aryl methyl sites for hydroxylation is 1. The fourth-order valence-electron chi connectivity index (χ4n) is 1.75. The first-order valence-corrected chi connectivity index (χ1v) is 5.08. The first kappa shape index (κ1) is 9.03. The van der Waals surface area contributed by atoms with E-state index in [1.807, 2.05) is 37.3 Å². The predicted molar refractivity (Wildman–Crippen MR) is 61.9 cm³/mol. The Morgan fingerprint density at radius 2 is 2.00 bits per heavy atom. The molecule has 0 bridgehead atoms. The lowest BCUT2D eigenvalue weighted by molar-refractivity contribution is 1.04. The van der Waals surface area contributed by atoms with Crippen molar-refractivity contribution in [2.45, 2.75) is 6.92 Å². The molecule has 0 atom stereocenters. The van der Waals surface area contributed by atoms with Gasteiger partial charge in [-0.15, -0.1) is 0 Å². The zero-order valence-corrected chi connectivity index (χ0v) is 8.81. The fourth-order valence-corrected chi connectivity index (χ4v) is 1.75. The lowest BCUT2D eigenvalue weighted by Gasteiger charge is -2.00. The Morgan fingerprint density at radius 3 is 2.81 bits per heavy atom. The number of H-pyrrole nitrogens is 1. The topological polar surface area (TPSA) is 54.5 Å². The molecule has 4 heteroatoms. The van der Waals surface area contributed by atoms with E-state index in [0.717, 1.165) is 28.1 Å². The summed E-state index contributed by atoms with van der Waals surface area (Å²) >= 11 is 0. The van der Waals surface area contributed by atoms with E-state index in [9.17, 15) is 0 Å². The van der Waals surface area contributed by atoms with Gasteiger partial charge in [0.15, 0.2) is 5.82 Å². The summed E-state index contributed by atoms with van der Waals surface area (Å²) in [6.45, 7) is 1.89. The van der Waals surface area contributed by atoms with Gasteiger partial charge in [0.2, 0.25) is 0 Å². The van der Waals surface area contributed by atoms with Gasteiger partial charge in [0.1, 0.15) is 5.82 Å². The predicted octanol–water partition coefficient (Wildman–Crippen LogP) is 2.33. The standard InChI is InChI=1S/C12H10N4/c1-8-14-12(16-15-8)10-6-7-13-11-5-3-2-4-9(10)11/h2-7H,1H3,(H,14,15,16). The molecule has 0 saturated carbocycles. The molecule has 0 aliphatic heterocycles. The average Bonchev–Trinajstić information content (AvgIpc) is 2.75. The molecule has 2 aromatic heterocycles. The fraction of sp³-hybridized carbons (Fsp3) is 0.0833. The summed E-state index contributed by atoms with van der Waals surface area (Å²) in [7, 11) is 0. The van der Waals surface area contributed by atoms with Crippen LogP contribution in [-0.2, 0) is 0 Å². The molecule has 0 radical (unpaired) electrons. The number of para-hydroxylation sites is 1. The molecule has 0 fully saturated rings. The van der Waals surface area contributed by atoms with Crippen molar-refractivity contribution in [2.75, 3.05) is 0 Å². The normalized spacial score (nSPS) is 10.8. The number of rotatable bonds is 1. The molecule has 16 heavy (non-hydrogen) atoms.